The molecule has 0 radical (unpaired) electrons. The van der Waals surface area contributed by atoms with Crippen LogP contribution in [0.1, 0.15) is 42.7 Å². The van der Waals surface area contributed by atoms with E-state index < -0.39 is 0 Å². The molecule has 142 valence electrons. The number of hydrogen-bond acceptors (Lipinski definition) is 3. The Kier molecular flexibility index (Phi) is 5.99. The molecule has 1 fully saturated rings. The van der Waals surface area contributed by atoms with Crippen molar-refractivity contribution in [2.75, 3.05) is 26.3 Å². The molecule has 5 heteroatoms. The van der Waals surface area contributed by atoms with E-state index in [0.717, 1.165) is 43.8 Å². The summed E-state index contributed by atoms with van der Waals surface area (Å²) >= 11 is 0. The van der Waals surface area contributed by atoms with E-state index in [0.29, 0.717) is 13.0 Å². The van der Waals surface area contributed by atoms with E-state index in [9.17, 15) is 4.79 Å². The van der Waals surface area contributed by atoms with Crippen molar-refractivity contribution in [1.29, 1.82) is 0 Å². The van der Waals surface area contributed by atoms with Gasteiger partial charge in [-0.15, -0.1) is 0 Å². The summed E-state index contributed by atoms with van der Waals surface area (Å²) < 4.78 is 5.39. The number of hydrogen-bond donors (Lipinski definition) is 2. The highest BCUT2D eigenvalue weighted by molar-refractivity contribution is 5.88. The van der Waals surface area contributed by atoms with Gasteiger partial charge in [0.25, 0.3) is 0 Å². The number of H-pyrrole nitrogens is 1. The van der Waals surface area contributed by atoms with E-state index >= 15 is 0 Å². The van der Waals surface area contributed by atoms with Gasteiger partial charge in [-0.05, 0) is 44.4 Å². The number of fused-ring (bicyclic) bond motifs is 1. The summed E-state index contributed by atoms with van der Waals surface area (Å²) in [4.78, 5) is 18.3. The Morgan fingerprint density at radius 3 is 2.73 bits per heavy atom. The molecule has 1 aliphatic rings. The van der Waals surface area contributed by atoms with Gasteiger partial charge < -0.3 is 15.0 Å². The third-order valence-electron chi connectivity index (χ3n) is 5.48. The topological polar surface area (TPSA) is 57.4 Å². The Labute approximate surface area is 156 Å². The monoisotopic (exact) mass is 357 g/mol. The van der Waals surface area contributed by atoms with Crippen molar-refractivity contribution < 1.29 is 9.53 Å². The zero-order valence-corrected chi connectivity index (χ0v) is 16.4. The lowest BCUT2D eigenvalue weighted by atomic mass is 10.0. The van der Waals surface area contributed by atoms with Crippen molar-refractivity contribution >= 4 is 16.8 Å². The van der Waals surface area contributed by atoms with E-state index in [2.05, 4.69) is 55.0 Å². The Morgan fingerprint density at radius 1 is 1.31 bits per heavy atom. The molecule has 1 aromatic carbocycles. The number of morpholine rings is 1. The van der Waals surface area contributed by atoms with Gasteiger partial charge >= 0.3 is 0 Å². The van der Waals surface area contributed by atoms with E-state index in [-0.39, 0.29) is 11.9 Å². The van der Waals surface area contributed by atoms with Gasteiger partial charge in [-0.1, -0.05) is 18.6 Å². The third kappa shape index (κ3) is 4.10. The number of nitrogens with zero attached hydrogens (tertiary/aromatic N) is 1. The highest BCUT2D eigenvalue weighted by Gasteiger charge is 2.19. The minimum Gasteiger partial charge on any atom is -0.379 e. The number of amides is 1. The first-order valence-corrected chi connectivity index (χ1v) is 9.68. The fourth-order valence-electron chi connectivity index (χ4n) is 3.89. The molecule has 1 saturated heterocycles. The molecule has 0 bridgehead atoms. The number of carbonyl (C=O) groups is 1. The third-order valence-corrected chi connectivity index (χ3v) is 5.48. The number of benzene rings is 1. The molecule has 26 heavy (non-hydrogen) atoms. The fourth-order valence-corrected chi connectivity index (χ4v) is 3.89. The molecule has 0 spiro atoms. The predicted molar refractivity (Wildman–Crippen MR) is 105 cm³/mol. The zero-order valence-electron chi connectivity index (χ0n) is 16.4. The minimum absolute atomic E-state index is 0.109. The summed E-state index contributed by atoms with van der Waals surface area (Å²) in [6, 6.07) is 4.64. The first kappa shape index (κ1) is 18.9. The molecule has 2 aromatic rings. The normalized spacial score (nSPS) is 16.8. The van der Waals surface area contributed by atoms with Crippen molar-refractivity contribution in [2.45, 2.75) is 53.1 Å². The van der Waals surface area contributed by atoms with Gasteiger partial charge in [-0.3, -0.25) is 9.69 Å². The summed E-state index contributed by atoms with van der Waals surface area (Å²) in [5.74, 6) is 0.109. The molecule has 0 unspecified atom stereocenters. The Hall–Kier alpha value is -1.85. The van der Waals surface area contributed by atoms with Gasteiger partial charge in [0.1, 0.15) is 0 Å². The molecule has 5 nitrogen and oxygen atoms in total. The van der Waals surface area contributed by atoms with Crippen molar-refractivity contribution in [3.8, 4) is 0 Å². The number of aryl methyl sites for hydroxylation is 3. The summed E-state index contributed by atoms with van der Waals surface area (Å²) in [6.07, 6.45) is 1.52. The Balaban J connectivity index is 1.66. The molecule has 2 N–H and O–H groups in total. The van der Waals surface area contributed by atoms with Gasteiger partial charge in [-0.25, -0.2) is 0 Å². The van der Waals surface area contributed by atoms with Crippen LogP contribution in [-0.4, -0.2) is 48.1 Å². The largest absolute Gasteiger partial charge is 0.379 e. The standard InChI is InChI=1S/C21H31N3O2/c1-5-19-16(4)18-11-14(2)10-17(21(18)23-19)13-22-20(25)12-15(3)24-6-8-26-9-7-24/h10-11,15,23H,5-9,12-13H2,1-4H3,(H,22,25)/t15-/m1/s1. The number of carbonyl (C=O) groups excluding carboxylic acids is 1. The quantitative estimate of drug-likeness (QED) is 0.835. The molecular weight excluding hydrogens is 326 g/mol. The lowest BCUT2D eigenvalue weighted by molar-refractivity contribution is -0.122. The molecule has 1 atom stereocenters. The highest BCUT2D eigenvalue weighted by atomic mass is 16.5. The van der Waals surface area contributed by atoms with Crippen LogP contribution in [0.25, 0.3) is 10.9 Å². The minimum atomic E-state index is 0.109. The molecular formula is C21H31N3O2. The zero-order chi connectivity index (χ0) is 18.7. The van der Waals surface area contributed by atoms with Crippen LogP contribution in [0.4, 0.5) is 0 Å². The average Bonchev–Trinajstić information content (AvgIpc) is 2.96. The smallest absolute Gasteiger partial charge is 0.221 e. The van der Waals surface area contributed by atoms with Crippen LogP contribution in [0.15, 0.2) is 12.1 Å². The average molecular weight is 357 g/mol. The molecule has 0 saturated carbocycles. The van der Waals surface area contributed by atoms with Gasteiger partial charge in [0.05, 0.1) is 18.7 Å². The maximum Gasteiger partial charge on any atom is 0.221 e. The number of aromatic nitrogens is 1. The van der Waals surface area contributed by atoms with Gasteiger partial charge in [0, 0.05) is 43.2 Å². The van der Waals surface area contributed by atoms with Gasteiger partial charge in [0.15, 0.2) is 0 Å². The molecule has 1 aromatic heterocycles. The number of aromatic amines is 1. The molecule has 2 heterocycles. The Morgan fingerprint density at radius 2 is 2.04 bits per heavy atom. The van der Waals surface area contributed by atoms with Crippen LogP contribution >= 0.6 is 0 Å². The first-order valence-electron chi connectivity index (χ1n) is 9.68. The molecule has 1 aliphatic heterocycles. The highest BCUT2D eigenvalue weighted by Crippen LogP contribution is 2.26. The molecule has 3 rings (SSSR count). The van der Waals surface area contributed by atoms with Crippen molar-refractivity contribution in [1.82, 2.24) is 15.2 Å². The fraction of sp³-hybridized carbons (Fsp3) is 0.571. The summed E-state index contributed by atoms with van der Waals surface area (Å²) in [5.41, 5.74) is 6.15. The number of rotatable bonds is 6. The van der Waals surface area contributed by atoms with Crippen LogP contribution in [0.5, 0.6) is 0 Å². The second-order valence-corrected chi connectivity index (χ2v) is 7.41. The number of ether oxygens (including phenoxy) is 1. The van der Waals surface area contributed by atoms with Crippen LogP contribution in [0.3, 0.4) is 0 Å². The van der Waals surface area contributed by atoms with Gasteiger partial charge in [0.2, 0.25) is 5.91 Å². The molecule has 0 aliphatic carbocycles. The summed E-state index contributed by atoms with van der Waals surface area (Å²) in [7, 11) is 0. The number of nitrogens with one attached hydrogen (secondary N) is 2. The first-order chi connectivity index (χ1) is 12.5. The lowest BCUT2D eigenvalue weighted by Crippen LogP contribution is -2.44. The van der Waals surface area contributed by atoms with E-state index in [1.54, 1.807) is 0 Å². The predicted octanol–water partition coefficient (Wildman–Crippen LogP) is 3.07. The van der Waals surface area contributed by atoms with Crippen LogP contribution in [0, 0.1) is 13.8 Å². The van der Waals surface area contributed by atoms with E-state index in [4.69, 9.17) is 4.74 Å². The Bertz CT molecular complexity index is 775. The van der Waals surface area contributed by atoms with Crippen LogP contribution in [-0.2, 0) is 22.5 Å². The second kappa shape index (κ2) is 8.23. The second-order valence-electron chi connectivity index (χ2n) is 7.41. The lowest BCUT2D eigenvalue weighted by Gasteiger charge is -2.31. The van der Waals surface area contributed by atoms with Crippen LogP contribution in [0.2, 0.25) is 0 Å². The maximum atomic E-state index is 12.4. The van der Waals surface area contributed by atoms with Gasteiger partial charge in [-0.2, -0.15) is 0 Å². The summed E-state index contributed by atoms with van der Waals surface area (Å²) in [6.45, 7) is 12.5. The van der Waals surface area contributed by atoms with Crippen molar-refractivity contribution in [3.05, 3.63) is 34.5 Å². The summed E-state index contributed by atoms with van der Waals surface area (Å²) in [5, 5.41) is 4.39. The van der Waals surface area contributed by atoms with E-state index in [1.165, 1.54) is 22.2 Å². The van der Waals surface area contributed by atoms with Crippen LogP contribution < -0.4 is 5.32 Å². The molecule has 1 amide bonds. The van der Waals surface area contributed by atoms with Crippen molar-refractivity contribution in [3.63, 3.8) is 0 Å². The van der Waals surface area contributed by atoms with E-state index in [1.807, 2.05) is 0 Å². The SMILES string of the molecule is CCc1[nH]c2c(CNC(=O)C[C@@H](C)N3CCOCC3)cc(C)cc2c1C. The maximum absolute atomic E-state index is 12.4. The van der Waals surface area contributed by atoms with Crippen molar-refractivity contribution in [2.24, 2.45) is 0 Å².